The molecule has 170 valence electrons. The van der Waals surface area contributed by atoms with Gasteiger partial charge in [-0.15, -0.1) is 0 Å². The maximum atomic E-state index is 12.1. The second kappa shape index (κ2) is 10.3. The van der Waals surface area contributed by atoms with Crippen molar-refractivity contribution in [1.29, 1.82) is 0 Å². The molecule has 0 radical (unpaired) electrons. The second-order valence-corrected chi connectivity index (χ2v) is 7.55. The second-order valence-electron chi connectivity index (χ2n) is 7.55. The molecule has 3 heterocycles. The molecule has 2 fully saturated rings. The Labute approximate surface area is 173 Å². The lowest BCUT2D eigenvalue weighted by Gasteiger charge is -2.45. The number of rotatable bonds is 5. The van der Waals surface area contributed by atoms with Crippen LogP contribution in [0.4, 0.5) is 13.2 Å². The molecule has 0 unspecified atom stereocenters. The molecule has 0 saturated carbocycles. The number of ether oxygens (including phenoxy) is 1. The maximum Gasteiger partial charge on any atom is 0.490 e. The van der Waals surface area contributed by atoms with E-state index >= 15 is 0 Å². The van der Waals surface area contributed by atoms with E-state index in [1.807, 2.05) is 29.7 Å². The van der Waals surface area contributed by atoms with Gasteiger partial charge < -0.3 is 14.7 Å². The monoisotopic (exact) mass is 434 g/mol. The third-order valence-corrected chi connectivity index (χ3v) is 5.58. The van der Waals surface area contributed by atoms with Crippen LogP contribution in [-0.2, 0) is 27.9 Å². The predicted molar refractivity (Wildman–Crippen MR) is 102 cm³/mol. The van der Waals surface area contributed by atoms with E-state index in [0.717, 1.165) is 44.7 Å². The lowest BCUT2D eigenvalue weighted by molar-refractivity contribution is -0.192. The zero-order valence-corrected chi connectivity index (χ0v) is 17.3. The molecule has 2 aliphatic heterocycles. The van der Waals surface area contributed by atoms with Crippen LogP contribution in [0.25, 0.3) is 0 Å². The van der Waals surface area contributed by atoms with Gasteiger partial charge in [-0.2, -0.15) is 18.3 Å². The number of halogens is 3. The molecular formula is C19H29F3N4O4. The van der Waals surface area contributed by atoms with Gasteiger partial charge in [0.15, 0.2) is 0 Å². The van der Waals surface area contributed by atoms with E-state index in [1.165, 1.54) is 12.8 Å². The first-order chi connectivity index (χ1) is 14.1. The van der Waals surface area contributed by atoms with Crippen molar-refractivity contribution in [1.82, 2.24) is 19.6 Å². The minimum absolute atomic E-state index is 0.135. The van der Waals surface area contributed by atoms with Gasteiger partial charge in [-0.3, -0.25) is 14.4 Å². The van der Waals surface area contributed by atoms with E-state index < -0.39 is 12.1 Å². The molecule has 0 aliphatic carbocycles. The van der Waals surface area contributed by atoms with E-state index in [9.17, 15) is 18.0 Å². The van der Waals surface area contributed by atoms with Crippen LogP contribution in [-0.4, -0.2) is 81.1 Å². The summed E-state index contributed by atoms with van der Waals surface area (Å²) in [6, 6.07) is 2.10. The Balaban J connectivity index is 0.000000396. The van der Waals surface area contributed by atoms with Crippen LogP contribution >= 0.6 is 0 Å². The van der Waals surface area contributed by atoms with Crippen LogP contribution < -0.4 is 0 Å². The highest BCUT2D eigenvalue weighted by atomic mass is 19.4. The molecule has 1 aromatic heterocycles. The number of aromatic nitrogens is 2. The molecular weight excluding hydrogens is 405 g/mol. The number of nitrogens with zero attached hydrogens (tertiary/aromatic N) is 4. The Hall–Kier alpha value is -2.14. The molecule has 0 bridgehead atoms. The largest absolute Gasteiger partial charge is 0.490 e. The van der Waals surface area contributed by atoms with Crippen molar-refractivity contribution < 1.29 is 32.6 Å². The van der Waals surface area contributed by atoms with Gasteiger partial charge in [0.05, 0.1) is 5.69 Å². The summed E-state index contributed by atoms with van der Waals surface area (Å²) in [6.45, 7) is 6.52. The predicted octanol–water partition coefficient (Wildman–Crippen LogP) is 2.05. The number of likely N-dealkylation sites (tertiary alicyclic amines) is 2. The Morgan fingerprint density at radius 1 is 1.23 bits per heavy atom. The van der Waals surface area contributed by atoms with Crippen LogP contribution in [0, 0.1) is 0 Å². The number of piperidine rings is 1. The van der Waals surface area contributed by atoms with Crippen LogP contribution in [0.2, 0.25) is 0 Å². The zero-order valence-electron chi connectivity index (χ0n) is 17.3. The standard InChI is InChI=1S/C17H28N4O2.C2HF3O2/c1-3-23-14-16(22)20-11-7-17(8-12-20)6-4-9-21(17)13-15-5-10-19(2)18-15;3-2(4,5)1(6)7/h5,10H,3-4,6-9,11-14H2,1-2H3;(H,6,7). The van der Waals surface area contributed by atoms with Gasteiger partial charge in [0.25, 0.3) is 0 Å². The SMILES string of the molecule is CCOCC(=O)N1CCC2(CCCN2Cc2ccn(C)n2)CC1.O=C(O)C(F)(F)F. The minimum atomic E-state index is -5.08. The van der Waals surface area contributed by atoms with Gasteiger partial charge in [-0.1, -0.05) is 0 Å². The fourth-order valence-corrected chi connectivity index (χ4v) is 4.00. The van der Waals surface area contributed by atoms with Gasteiger partial charge >= 0.3 is 12.1 Å². The number of aliphatic carboxylic acids is 1. The Morgan fingerprint density at radius 3 is 2.37 bits per heavy atom. The number of hydrogen-bond donors (Lipinski definition) is 1. The summed E-state index contributed by atoms with van der Waals surface area (Å²) in [7, 11) is 1.96. The van der Waals surface area contributed by atoms with Gasteiger partial charge in [-0.05, 0) is 45.2 Å². The molecule has 1 aromatic rings. The number of carboxylic acids is 1. The molecule has 3 rings (SSSR count). The summed E-state index contributed by atoms with van der Waals surface area (Å²) in [5, 5.41) is 11.6. The van der Waals surface area contributed by atoms with E-state index in [4.69, 9.17) is 14.6 Å². The smallest absolute Gasteiger partial charge is 0.475 e. The van der Waals surface area contributed by atoms with Gasteiger partial charge in [0.1, 0.15) is 6.61 Å². The van der Waals surface area contributed by atoms with Crippen LogP contribution in [0.15, 0.2) is 12.3 Å². The molecule has 2 aliphatic rings. The van der Waals surface area contributed by atoms with Gasteiger partial charge in [-0.25, -0.2) is 4.79 Å². The van der Waals surface area contributed by atoms with E-state index in [-0.39, 0.29) is 18.1 Å². The molecule has 30 heavy (non-hydrogen) atoms. The van der Waals surface area contributed by atoms with Crippen LogP contribution in [0.1, 0.15) is 38.3 Å². The average molecular weight is 434 g/mol. The molecule has 1 spiro atoms. The number of aryl methyl sites for hydroxylation is 1. The number of carbonyl (C=O) groups excluding carboxylic acids is 1. The van der Waals surface area contributed by atoms with Crippen molar-refractivity contribution in [3.63, 3.8) is 0 Å². The number of hydrogen-bond acceptors (Lipinski definition) is 5. The Kier molecular flexibility index (Phi) is 8.25. The van der Waals surface area contributed by atoms with E-state index in [0.29, 0.717) is 6.61 Å². The van der Waals surface area contributed by atoms with Crippen molar-refractivity contribution in [2.24, 2.45) is 7.05 Å². The molecule has 2 saturated heterocycles. The molecule has 0 aromatic carbocycles. The number of alkyl halides is 3. The highest BCUT2D eigenvalue weighted by Crippen LogP contribution is 2.39. The summed E-state index contributed by atoms with van der Waals surface area (Å²) >= 11 is 0. The Morgan fingerprint density at radius 2 is 1.87 bits per heavy atom. The Bertz CT molecular complexity index is 715. The first-order valence-electron chi connectivity index (χ1n) is 9.96. The molecule has 0 atom stereocenters. The highest BCUT2D eigenvalue weighted by Gasteiger charge is 2.43. The topological polar surface area (TPSA) is 87.9 Å². The molecule has 8 nitrogen and oxygen atoms in total. The lowest BCUT2D eigenvalue weighted by atomic mass is 9.85. The van der Waals surface area contributed by atoms with Crippen LogP contribution in [0.5, 0.6) is 0 Å². The number of carboxylic acid groups (broad SMARTS) is 1. The quantitative estimate of drug-likeness (QED) is 0.763. The fourth-order valence-electron chi connectivity index (χ4n) is 4.00. The van der Waals surface area contributed by atoms with Crippen molar-refractivity contribution >= 4 is 11.9 Å². The maximum absolute atomic E-state index is 12.1. The lowest BCUT2D eigenvalue weighted by Crippen LogP contribution is -2.53. The first kappa shape index (κ1) is 24.1. The summed E-state index contributed by atoms with van der Waals surface area (Å²) in [5.41, 5.74) is 1.41. The van der Waals surface area contributed by atoms with Crippen LogP contribution in [0.3, 0.4) is 0 Å². The van der Waals surface area contributed by atoms with Crippen molar-refractivity contribution in [2.75, 3.05) is 32.8 Å². The summed E-state index contributed by atoms with van der Waals surface area (Å²) in [5.74, 6) is -2.62. The summed E-state index contributed by atoms with van der Waals surface area (Å²) in [4.78, 5) is 25.6. The zero-order chi connectivity index (χ0) is 22.4. The fraction of sp³-hybridized carbons (Fsp3) is 0.737. The summed E-state index contributed by atoms with van der Waals surface area (Å²) < 4.78 is 38.9. The minimum Gasteiger partial charge on any atom is -0.475 e. The third-order valence-electron chi connectivity index (χ3n) is 5.58. The molecule has 11 heteroatoms. The molecule has 1 N–H and O–H groups in total. The first-order valence-corrected chi connectivity index (χ1v) is 9.96. The van der Waals surface area contributed by atoms with Gasteiger partial charge in [0, 0.05) is 45.0 Å². The van der Waals surface area contributed by atoms with Crippen molar-refractivity contribution in [3.8, 4) is 0 Å². The van der Waals surface area contributed by atoms with Crippen molar-refractivity contribution in [3.05, 3.63) is 18.0 Å². The third kappa shape index (κ3) is 6.43. The normalized spacial score (nSPS) is 18.9. The van der Waals surface area contributed by atoms with Gasteiger partial charge in [0.2, 0.25) is 5.91 Å². The average Bonchev–Trinajstić information content (AvgIpc) is 3.27. The molecule has 1 amide bonds. The van der Waals surface area contributed by atoms with Crippen molar-refractivity contribution in [2.45, 2.75) is 50.9 Å². The number of amides is 1. The summed E-state index contributed by atoms with van der Waals surface area (Å²) in [6.07, 6.45) is 1.55. The highest BCUT2D eigenvalue weighted by molar-refractivity contribution is 5.77. The van der Waals surface area contributed by atoms with E-state index in [2.05, 4.69) is 16.1 Å². The van der Waals surface area contributed by atoms with E-state index in [1.54, 1.807) is 0 Å². The number of carbonyl (C=O) groups is 2.